The van der Waals surface area contributed by atoms with Gasteiger partial charge in [-0.05, 0) is 30.3 Å². The van der Waals surface area contributed by atoms with E-state index in [1.165, 1.54) is 12.1 Å². The fourth-order valence-electron chi connectivity index (χ4n) is 2.07. The topological polar surface area (TPSA) is 66.0 Å². The van der Waals surface area contributed by atoms with Gasteiger partial charge in [-0.15, -0.1) is 0 Å². The maximum absolute atomic E-state index is 11.0. The fraction of sp³-hybridized carbons (Fsp3) is 0. The number of hydrogen-bond acceptors (Lipinski definition) is 2. The highest BCUT2D eigenvalue weighted by molar-refractivity contribution is 6.39. The molecule has 0 atom stereocenters. The Bertz CT molecular complexity index is 807. The summed E-state index contributed by atoms with van der Waals surface area (Å²) in [7, 11) is 0. The second-order valence-corrected chi connectivity index (χ2v) is 5.05. The van der Waals surface area contributed by atoms with Crippen LogP contribution in [0, 0.1) is 0 Å². The van der Waals surface area contributed by atoms with Crippen molar-refractivity contribution in [1.82, 2.24) is 10.2 Å². The van der Waals surface area contributed by atoms with Crippen LogP contribution >= 0.6 is 23.2 Å². The number of H-pyrrole nitrogens is 1. The summed E-state index contributed by atoms with van der Waals surface area (Å²) in [6.45, 7) is 0. The SMILES string of the molecule is O=C(O)c1ccc2c(-c3c(Cl)cccc3Cl)n[nH]c2c1. The standard InChI is InChI=1S/C14H8Cl2N2O2/c15-9-2-1-3-10(16)12(9)13-8-5-4-7(14(19)20)6-11(8)17-18-13/h1-6H,(H,17,18)(H,19,20). The second kappa shape index (κ2) is 4.81. The summed E-state index contributed by atoms with van der Waals surface area (Å²) in [6.07, 6.45) is 0. The number of hydrogen-bond donors (Lipinski definition) is 2. The maximum Gasteiger partial charge on any atom is 0.335 e. The van der Waals surface area contributed by atoms with E-state index in [1.54, 1.807) is 24.3 Å². The van der Waals surface area contributed by atoms with E-state index < -0.39 is 5.97 Å². The van der Waals surface area contributed by atoms with Gasteiger partial charge in [-0.1, -0.05) is 29.3 Å². The number of rotatable bonds is 2. The number of benzene rings is 2. The zero-order valence-electron chi connectivity index (χ0n) is 10.0. The number of nitrogens with one attached hydrogen (secondary N) is 1. The van der Waals surface area contributed by atoms with Gasteiger partial charge < -0.3 is 5.11 Å². The average Bonchev–Trinajstić information content (AvgIpc) is 2.81. The number of carboxylic acid groups (broad SMARTS) is 1. The van der Waals surface area contributed by atoms with Crippen molar-refractivity contribution in [3.05, 3.63) is 52.0 Å². The minimum Gasteiger partial charge on any atom is -0.478 e. The summed E-state index contributed by atoms with van der Waals surface area (Å²) in [5, 5.41) is 17.7. The monoisotopic (exact) mass is 306 g/mol. The van der Waals surface area contributed by atoms with Crippen LogP contribution in [0.15, 0.2) is 36.4 Å². The first-order chi connectivity index (χ1) is 9.58. The Kier molecular flexibility index (Phi) is 3.12. The molecule has 2 N–H and O–H groups in total. The van der Waals surface area contributed by atoms with Crippen LogP contribution in [0.25, 0.3) is 22.2 Å². The van der Waals surface area contributed by atoms with Crippen LogP contribution in [-0.2, 0) is 0 Å². The Morgan fingerprint density at radius 1 is 1.15 bits per heavy atom. The number of halogens is 2. The van der Waals surface area contributed by atoms with E-state index >= 15 is 0 Å². The van der Waals surface area contributed by atoms with Crippen LogP contribution in [-0.4, -0.2) is 21.3 Å². The van der Waals surface area contributed by atoms with Crippen LogP contribution in [0.4, 0.5) is 0 Å². The van der Waals surface area contributed by atoms with E-state index in [-0.39, 0.29) is 5.56 Å². The van der Waals surface area contributed by atoms with Crippen molar-refractivity contribution in [2.45, 2.75) is 0 Å². The Balaban J connectivity index is 2.26. The first-order valence-electron chi connectivity index (χ1n) is 5.73. The molecule has 2 aromatic carbocycles. The average molecular weight is 307 g/mol. The molecule has 0 fully saturated rings. The number of carbonyl (C=O) groups is 1. The molecular formula is C14H8Cl2N2O2. The molecule has 0 radical (unpaired) electrons. The molecule has 20 heavy (non-hydrogen) atoms. The van der Waals surface area contributed by atoms with Crippen molar-refractivity contribution >= 4 is 40.1 Å². The number of nitrogens with zero attached hydrogens (tertiary/aromatic N) is 1. The van der Waals surface area contributed by atoms with E-state index in [0.717, 1.165) is 5.39 Å². The molecule has 1 aromatic heterocycles. The van der Waals surface area contributed by atoms with Gasteiger partial charge in [0.15, 0.2) is 0 Å². The molecule has 3 aromatic rings. The first kappa shape index (κ1) is 13.0. The molecule has 0 amide bonds. The number of fused-ring (bicyclic) bond motifs is 1. The van der Waals surface area contributed by atoms with Gasteiger partial charge in [-0.3, -0.25) is 5.10 Å². The zero-order valence-corrected chi connectivity index (χ0v) is 11.5. The quantitative estimate of drug-likeness (QED) is 0.744. The minimum absolute atomic E-state index is 0.193. The molecule has 0 aliphatic heterocycles. The third-order valence-electron chi connectivity index (χ3n) is 3.01. The Morgan fingerprint density at radius 2 is 1.85 bits per heavy atom. The predicted molar refractivity (Wildman–Crippen MR) is 78.5 cm³/mol. The summed E-state index contributed by atoms with van der Waals surface area (Å²) < 4.78 is 0. The van der Waals surface area contributed by atoms with E-state index in [9.17, 15) is 4.79 Å². The highest BCUT2D eigenvalue weighted by Crippen LogP contribution is 2.37. The minimum atomic E-state index is -0.987. The maximum atomic E-state index is 11.0. The molecule has 0 bridgehead atoms. The lowest BCUT2D eigenvalue weighted by atomic mass is 10.1. The Labute approximate surface area is 123 Å². The number of aromatic amines is 1. The third-order valence-corrected chi connectivity index (χ3v) is 3.64. The summed E-state index contributed by atoms with van der Waals surface area (Å²) in [6, 6.07) is 9.96. The number of carboxylic acids is 1. The summed E-state index contributed by atoms with van der Waals surface area (Å²) in [5.74, 6) is -0.987. The van der Waals surface area contributed by atoms with Crippen molar-refractivity contribution in [1.29, 1.82) is 0 Å². The van der Waals surface area contributed by atoms with Crippen LogP contribution in [0.3, 0.4) is 0 Å². The molecule has 0 unspecified atom stereocenters. The zero-order chi connectivity index (χ0) is 14.3. The number of aromatic nitrogens is 2. The van der Waals surface area contributed by atoms with Crippen LogP contribution in [0.5, 0.6) is 0 Å². The van der Waals surface area contributed by atoms with Gasteiger partial charge in [0.2, 0.25) is 0 Å². The molecule has 100 valence electrons. The molecule has 0 spiro atoms. The molecule has 6 heteroatoms. The van der Waals surface area contributed by atoms with Gasteiger partial charge in [-0.2, -0.15) is 5.10 Å². The molecular weight excluding hydrogens is 299 g/mol. The normalized spacial score (nSPS) is 10.9. The highest BCUT2D eigenvalue weighted by Gasteiger charge is 2.15. The van der Waals surface area contributed by atoms with E-state index in [2.05, 4.69) is 10.2 Å². The molecule has 4 nitrogen and oxygen atoms in total. The smallest absolute Gasteiger partial charge is 0.335 e. The lowest BCUT2D eigenvalue weighted by molar-refractivity contribution is 0.0697. The predicted octanol–water partition coefficient (Wildman–Crippen LogP) is 4.23. The summed E-state index contributed by atoms with van der Waals surface area (Å²) >= 11 is 12.3. The lowest BCUT2D eigenvalue weighted by Crippen LogP contribution is -1.94. The van der Waals surface area contributed by atoms with Gasteiger partial charge in [0, 0.05) is 10.9 Å². The Hall–Kier alpha value is -2.04. The van der Waals surface area contributed by atoms with Crippen LogP contribution in [0.2, 0.25) is 10.0 Å². The first-order valence-corrected chi connectivity index (χ1v) is 6.49. The molecule has 0 aliphatic rings. The molecule has 1 heterocycles. The van der Waals surface area contributed by atoms with Gasteiger partial charge in [0.05, 0.1) is 21.1 Å². The molecule has 0 aliphatic carbocycles. The van der Waals surface area contributed by atoms with E-state index in [0.29, 0.717) is 26.8 Å². The van der Waals surface area contributed by atoms with Crippen LogP contribution < -0.4 is 0 Å². The van der Waals surface area contributed by atoms with Crippen molar-refractivity contribution in [2.75, 3.05) is 0 Å². The van der Waals surface area contributed by atoms with Gasteiger partial charge in [0.1, 0.15) is 5.69 Å². The Morgan fingerprint density at radius 3 is 2.50 bits per heavy atom. The van der Waals surface area contributed by atoms with E-state index in [4.69, 9.17) is 28.3 Å². The van der Waals surface area contributed by atoms with Gasteiger partial charge in [0.25, 0.3) is 0 Å². The summed E-state index contributed by atoms with van der Waals surface area (Å²) in [4.78, 5) is 11.0. The van der Waals surface area contributed by atoms with Crippen molar-refractivity contribution in [3.63, 3.8) is 0 Å². The van der Waals surface area contributed by atoms with Crippen molar-refractivity contribution < 1.29 is 9.90 Å². The van der Waals surface area contributed by atoms with Gasteiger partial charge in [-0.25, -0.2) is 4.79 Å². The molecule has 0 saturated carbocycles. The highest BCUT2D eigenvalue weighted by atomic mass is 35.5. The molecule has 0 saturated heterocycles. The van der Waals surface area contributed by atoms with E-state index in [1.807, 2.05) is 0 Å². The fourth-order valence-corrected chi connectivity index (χ4v) is 2.64. The second-order valence-electron chi connectivity index (χ2n) is 4.23. The lowest BCUT2D eigenvalue weighted by Gasteiger charge is -2.04. The van der Waals surface area contributed by atoms with Crippen LogP contribution in [0.1, 0.15) is 10.4 Å². The van der Waals surface area contributed by atoms with Crippen molar-refractivity contribution in [2.24, 2.45) is 0 Å². The number of aromatic carboxylic acids is 1. The molecule has 3 rings (SSSR count). The third kappa shape index (κ3) is 2.03. The van der Waals surface area contributed by atoms with Crippen molar-refractivity contribution in [3.8, 4) is 11.3 Å². The largest absolute Gasteiger partial charge is 0.478 e. The summed E-state index contributed by atoms with van der Waals surface area (Å²) in [5.41, 5.74) is 2.05. The van der Waals surface area contributed by atoms with Gasteiger partial charge >= 0.3 is 5.97 Å².